The molecule has 5 nitrogen and oxygen atoms in total. The van der Waals surface area contributed by atoms with Crippen molar-refractivity contribution >= 4 is 6.03 Å². The molecule has 116 valence electrons. The summed E-state index contributed by atoms with van der Waals surface area (Å²) in [7, 11) is 1.65. The molecule has 0 bridgehead atoms. The van der Waals surface area contributed by atoms with Gasteiger partial charge in [-0.15, -0.1) is 0 Å². The number of hydrogen-bond acceptors (Lipinski definition) is 3. The first-order chi connectivity index (χ1) is 9.97. The van der Waals surface area contributed by atoms with Gasteiger partial charge in [-0.3, -0.25) is 0 Å². The van der Waals surface area contributed by atoms with Crippen LogP contribution in [-0.4, -0.2) is 43.3 Å². The molecule has 0 aliphatic carbocycles. The highest BCUT2D eigenvalue weighted by molar-refractivity contribution is 5.74. The van der Waals surface area contributed by atoms with Crippen molar-refractivity contribution in [2.45, 2.75) is 39.5 Å². The van der Waals surface area contributed by atoms with Crippen LogP contribution in [0, 0.1) is 6.92 Å². The van der Waals surface area contributed by atoms with Crippen LogP contribution in [0.3, 0.4) is 0 Å². The molecule has 0 saturated carbocycles. The molecule has 1 saturated heterocycles. The maximum atomic E-state index is 12.2. The first-order valence-corrected chi connectivity index (χ1v) is 7.30. The SMILES string of the molecule is COc1cc(C)cc(CNC(=O)N2C[C@@H](C)O[C@@H](C)C2)c1. The van der Waals surface area contributed by atoms with Gasteiger partial charge in [-0.05, 0) is 44.0 Å². The normalized spacial score (nSPS) is 22.0. The number of morpholine rings is 1. The minimum Gasteiger partial charge on any atom is -0.497 e. The predicted octanol–water partition coefficient (Wildman–Crippen LogP) is 2.32. The molecule has 1 fully saturated rings. The number of carbonyl (C=O) groups excluding carboxylic acids is 1. The maximum Gasteiger partial charge on any atom is 0.317 e. The van der Waals surface area contributed by atoms with E-state index < -0.39 is 0 Å². The molecule has 0 aromatic heterocycles. The number of rotatable bonds is 3. The molecular formula is C16H24N2O3. The van der Waals surface area contributed by atoms with Gasteiger partial charge in [0.2, 0.25) is 0 Å². The third kappa shape index (κ3) is 4.36. The Balaban J connectivity index is 1.93. The van der Waals surface area contributed by atoms with E-state index in [1.165, 1.54) is 0 Å². The zero-order valence-electron chi connectivity index (χ0n) is 13.2. The number of carbonyl (C=O) groups is 1. The summed E-state index contributed by atoms with van der Waals surface area (Å²) in [5.74, 6) is 0.813. The fourth-order valence-electron chi connectivity index (χ4n) is 2.68. The van der Waals surface area contributed by atoms with Crippen LogP contribution in [0.1, 0.15) is 25.0 Å². The highest BCUT2D eigenvalue weighted by atomic mass is 16.5. The van der Waals surface area contributed by atoms with Crippen LogP contribution in [-0.2, 0) is 11.3 Å². The Hall–Kier alpha value is -1.75. The number of hydrogen-bond donors (Lipinski definition) is 1. The second kappa shape index (κ2) is 6.80. The van der Waals surface area contributed by atoms with Crippen LogP contribution >= 0.6 is 0 Å². The van der Waals surface area contributed by atoms with Crippen LogP contribution in [0.5, 0.6) is 5.75 Å². The van der Waals surface area contributed by atoms with Crippen LogP contribution < -0.4 is 10.1 Å². The first-order valence-electron chi connectivity index (χ1n) is 7.30. The largest absolute Gasteiger partial charge is 0.497 e. The van der Waals surface area contributed by atoms with Crippen molar-refractivity contribution < 1.29 is 14.3 Å². The fourth-order valence-corrected chi connectivity index (χ4v) is 2.68. The van der Waals surface area contributed by atoms with E-state index >= 15 is 0 Å². The Morgan fingerprint density at radius 2 is 2.00 bits per heavy atom. The van der Waals surface area contributed by atoms with Gasteiger partial charge in [0.25, 0.3) is 0 Å². The van der Waals surface area contributed by atoms with Gasteiger partial charge in [0, 0.05) is 19.6 Å². The lowest BCUT2D eigenvalue weighted by molar-refractivity contribution is -0.0545. The summed E-state index contributed by atoms with van der Waals surface area (Å²) < 4.78 is 10.9. The molecule has 1 aromatic rings. The summed E-state index contributed by atoms with van der Waals surface area (Å²) >= 11 is 0. The van der Waals surface area contributed by atoms with Crippen molar-refractivity contribution in [3.63, 3.8) is 0 Å². The highest BCUT2D eigenvalue weighted by Crippen LogP contribution is 2.16. The summed E-state index contributed by atoms with van der Waals surface area (Å²) in [6.45, 7) is 7.75. The molecule has 2 rings (SSSR count). The summed E-state index contributed by atoms with van der Waals surface area (Å²) in [6, 6.07) is 5.92. The second-order valence-corrected chi connectivity index (χ2v) is 5.68. The molecule has 2 atom stereocenters. The van der Waals surface area contributed by atoms with Crippen molar-refractivity contribution in [3.05, 3.63) is 29.3 Å². The van der Waals surface area contributed by atoms with E-state index in [4.69, 9.17) is 9.47 Å². The molecular weight excluding hydrogens is 268 g/mol. The minimum absolute atomic E-state index is 0.0440. The van der Waals surface area contributed by atoms with E-state index in [0.717, 1.165) is 16.9 Å². The third-order valence-electron chi connectivity index (χ3n) is 3.50. The topological polar surface area (TPSA) is 50.8 Å². The number of ether oxygens (including phenoxy) is 2. The average molecular weight is 292 g/mol. The standard InChI is InChI=1S/C16H24N2O3/c1-11-5-14(7-15(6-11)20-4)8-17-16(19)18-9-12(2)21-13(3)10-18/h5-7,12-13H,8-10H2,1-4H3,(H,17,19)/t12-,13+. The van der Waals surface area contributed by atoms with Gasteiger partial charge in [0.15, 0.2) is 0 Å². The van der Waals surface area contributed by atoms with E-state index in [0.29, 0.717) is 19.6 Å². The van der Waals surface area contributed by atoms with Crippen LogP contribution in [0.4, 0.5) is 4.79 Å². The minimum atomic E-state index is -0.0440. The van der Waals surface area contributed by atoms with Crippen LogP contribution in [0.2, 0.25) is 0 Å². The van der Waals surface area contributed by atoms with Gasteiger partial charge >= 0.3 is 6.03 Å². The number of nitrogens with one attached hydrogen (secondary N) is 1. The lowest BCUT2D eigenvalue weighted by atomic mass is 10.1. The van der Waals surface area contributed by atoms with Crippen LogP contribution in [0.15, 0.2) is 18.2 Å². The molecule has 1 aliphatic heterocycles. The van der Waals surface area contributed by atoms with Gasteiger partial charge in [-0.1, -0.05) is 6.07 Å². The smallest absolute Gasteiger partial charge is 0.317 e. The van der Waals surface area contributed by atoms with Gasteiger partial charge < -0.3 is 19.7 Å². The maximum absolute atomic E-state index is 12.2. The van der Waals surface area contributed by atoms with Gasteiger partial charge in [-0.2, -0.15) is 0 Å². The van der Waals surface area contributed by atoms with E-state index in [2.05, 4.69) is 5.32 Å². The van der Waals surface area contributed by atoms with E-state index in [-0.39, 0.29) is 18.2 Å². The summed E-state index contributed by atoms with van der Waals surface area (Å²) in [4.78, 5) is 14.0. The number of urea groups is 1. The van der Waals surface area contributed by atoms with Crippen LogP contribution in [0.25, 0.3) is 0 Å². The van der Waals surface area contributed by atoms with E-state index in [1.807, 2.05) is 43.9 Å². The Bertz CT molecular complexity index is 494. The summed E-state index contributed by atoms with van der Waals surface area (Å²) in [5, 5.41) is 2.96. The molecule has 1 heterocycles. The quantitative estimate of drug-likeness (QED) is 0.930. The number of amides is 2. The molecule has 2 amide bonds. The van der Waals surface area contributed by atoms with E-state index in [9.17, 15) is 4.79 Å². The molecule has 5 heteroatoms. The lowest BCUT2D eigenvalue weighted by Crippen LogP contribution is -2.51. The average Bonchev–Trinajstić information content (AvgIpc) is 2.43. The van der Waals surface area contributed by atoms with E-state index in [1.54, 1.807) is 7.11 Å². The van der Waals surface area contributed by atoms with Crippen molar-refractivity contribution in [1.82, 2.24) is 10.2 Å². The number of benzene rings is 1. The lowest BCUT2D eigenvalue weighted by Gasteiger charge is -2.35. The summed E-state index contributed by atoms with van der Waals surface area (Å²) in [6.07, 6.45) is 0.164. The Kier molecular flexibility index (Phi) is 5.07. The Morgan fingerprint density at radius 3 is 2.62 bits per heavy atom. The van der Waals surface area contributed by atoms with Crippen molar-refractivity contribution in [2.75, 3.05) is 20.2 Å². The highest BCUT2D eigenvalue weighted by Gasteiger charge is 2.25. The fraction of sp³-hybridized carbons (Fsp3) is 0.562. The molecule has 1 aliphatic rings. The second-order valence-electron chi connectivity index (χ2n) is 5.68. The number of aryl methyl sites for hydroxylation is 1. The van der Waals surface area contributed by atoms with Crippen molar-refractivity contribution in [2.24, 2.45) is 0 Å². The molecule has 0 unspecified atom stereocenters. The monoisotopic (exact) mass is 292 g/mol. The molecule has 1 N–H and O–H groups in total. The predicted molar refractivity (Wildman–Crippen MR) is 81.5 cm³/mol. The van der Waals surface area contributed by atoms with Gasteiger partial charge in [0.05, 0.1) is 19.3 Å². The summed E-state index contributed by atoms with van der Waals surface area (Å²) in [5.41, 5.74) is 2.15. The first kappa shape index (κ1) is 15.6. The van der Waals surface area contributed by atoms with Crippen molar-refractivity contribution in [1.29, 1.82) is 0 Å². The third-order valence-corrected chi connectivity index (χ3v) is 3.50. The van der Waals surface area contributed by atoms with Gasteiger partial charge in [0.1, 0.15) is 5.75 Å². The Morgan fingerprint density at radius 1 is 1.33 bits per heavy atom. The zero-order valence-corrected chi connectivity index (χ0v) is 13.2. The molecule has 21 heavy (non-hydrogen) atoms. The molecule has 0 radical (unpaired) electrons. The zero-order chi connectivity index (χ0) is 15.4. The molecule has 1 aromatic carbocycles. The number of methoxy groups -OCH3 is 1. The number of nitrogens with zero attached hydrogens (tertiary/aromatic N) is 1. The Labute approximate surface area is 126 Å². The molecule has 0 spiro atoms. The van der Waals surface area contributed by atoms with Crippen molar-refractivity contribution in [3.8, 4) is 5.75 Å². The van der Waals surface area contributed by atoms with Gasteiger partial charge in [-0.25, -0.2) is 4.79 Å².